The van der Waals surface area contributed by atoms with Crippen molar-refractivity contribution in [2.75, 3.05) is 0 Å². The number of halogens is 2. The first kappa shape index (κ1) is 16.6. The Morgan fingerprint density at radius 2 is 2.04 bits per heavy atom. The molecule has 0 atom stereocenters. The molecule has 0 N–H and O–H groups in total. The molecule has 0 aliphatic carbocycles. The van der Waals surface area contributed by atoms with Gasteiger partial charge in [-0.25, -0.2) is 4.68 Å². The number of hydrogen-bond donors (Lipinski definition) is 0. The van der Waals surface area contributed by atoms with Gasteiger partial charge < -0.3 is 4.74 Å². The van der Waals surface area contributed by atoms with Crippen LogP contribution in [-0.2, 0) is 11.3 Å². The zero-order chi connectivity index (χ0) is 17.1. The SMILES string of the molecule is O=C(CCn1nnc2ccccc2c1=O)Oc1ccc(Cl)cc1Br. The van der Waals surface area contributed by atoms with Gasteiger partial charge in [-0.05, 0) is 46.3 Å². The lowest BCUT2D eigenvalue weighted by molar-refractivity contribution is -0.134. The highest BCUT2D eigenvalue weighted by Crippen LogP contribution is 2.28. The third-order valence-corrected chi connectivity index (χ3v) is 4.13. The molecule has 6 nitrogen and oxygen atoms in total. The Hall–Kier alpha value is -2.25. The van der Waals surface area contributed by atoms with E-state index in [0.717, 1.165) is 4.68 Å². The van der Waals surface area contributed by atoms with Gasteiger partial charge in [0.05, 0.1) is 22.8 Å². The summed E-state index contributed by atoms with van der Waals surface area (Å²) in [7, 11) is 0. The van der Waals surface area contributed by atoms with Gasteiger partial charge in [0, 0.05) is 5.02 Å². The van der Waals surface area contributed by atoms with Crippen LogP contribution in [0.25, 0.3) is 10.9 Å². The Bertz CT molecular complexity index is 974. The van der Waals surface area contributed by atoms with Gasteiger partial charge in [-0.1, -0.05) is 28.9 Å². The first-order valence-electron chi connectivity index (χ1n) is 7.03. The van der Waals surface area contributed by atoms with Crippen LogP contribution in [-0.4, -0.2) is 21.0 Å². The predicted molar refractivity (Wildman–Crippen MR) is 93.2 cm³/mol. The highest BCUT2D eigenvalue weighted by Gasteiger charge is 2.11. The summed E-state index contributed by atoms with van der Waals surface area (Å²) in [5, 5.41) is 8.79. The summed E-state index contributed by atoms with van der Waals surface area (Å²) >= 11 is 9.11. The largest absolute Gasteiger partial charge is 0.425 e. The topological polar surface area (TPSA) is 74.1 Å². The molecule has 0 fully saturated rings. The highest BCUT2D eigenvalue weighted by atomic mass is 79.9. The summed E-state index contributed by atoms with van der Waals surface area (Å²) in [6.07, 6.45) is -0.0119. The van der Waals surface area contributed by atoms with Crippen molar-refractivity contribution in [3.8, 4) is 5.75 Å². The molecule has 0 aliphatic rings. The van der Waals surface area contributed by atoms with Gasteiger partial charge in [0.15, 0.2) is 0 Å². The van der Waals surface area contributed by atoms with Crippen molar-refractivity contribution in [2.24, 2.45) is 0 Å². The molecule has 1 heterocycles. The molecule has 3 rings (SSSR count). The summed E-state index contributed by atoms with van der Waals surface area (Å²) in [4.78, 5) is 24.2. The van der Waals surface area contributed by atoms with E-state index in [1.165, 1.54) is 0 Å². The second-order valence-electron chi connectivity index (χ2n) is 4.93. The lowest BCUT2D eigenvalue weighted by Crippen LogP contribution is -2.26. The van der Waals surface area contributed by atoms with Gasteiger partial charge >= 0.3 is 5.97 Å². The number of carbonyl (C=O) groups excluding carboxylic acids is 1. The number of aryl methyl sites for hydroxylation is 1. The molecule has 0 unspecified atom stereocenters. The van der Waals surface area contributed by atoms with E-state index in [9.17, 15) is 9.59 Å². The fourth-order valence-corrected chi connectivity index (χ4v) is 2.86. The van der Waals surface area contributed by atoms with Gasteiger partial charge in [-0.2, -0.15) is 0 Å². The van der Waals surface area contributed by atoms with E-state index in [2.05, 4.69) is 26.2 Å². The first-order valence-corrected chi connectivity index (χ1v) is 8.20. The summed E-state index contributed by atoms with van der Waals surface area (Å²) < 4.78 is 6.97. The van der Waals surface area contributed by atoms with Crippen molar-refractivity contribution in [1.82, 2.24) is 15.0 Å². The van der Waals surface area contributed by atoms with Crippen LogP contribution in [0.4, 0.5) is 0 Å². The number of ether oxygens (including phenoxy) is 1. The lowest BCUT2D eigenvalue weighted by atomic mass is 10.2. The molecular formula is C16H11BrClN3O3. The van der Waals surface area contributed by atoms with Gasteiger partial charge in [0.2, 0.25) is 0 Å². The zero-order valence-electron chi connectivity index (χ0n) is 12.3. The van der Waals surface area contributed by atoms with E-state index in [4.69, 9.17) is 16.3 Å². The summed E-state index contributed by atoms with van der Waals surface area (Å²) in [6.45, 7) is 0.0840. The number of rotatable bonds is 4. The van der Waals surface area contributed by atoms with Crippen LogP contribution in [0.3, 0.4) is 0 Å². The minimum absolute atomic E-state index is 0.0119. The third-order valence-electron chi connectivity index (χ3n) is 3.27. The van der Waals surface area contributed by atoms with Gasteiger partial charge in [0.1, 0.15) is 11.3 Å². The monoisotopic (exact) mass is 407 g/mol. The van der Waals surface area contributed by atoms with Crippen molar-refractivity contribution in [2.45, 2.75) is 13.0 Å². The maximum atomic E-state index is 12.3. The second kappa shape index (κ2) is 7.11. The molecule has 3 aromatic rings. The Morgan fingerprint density at radius 1 is 1.25 bits per heavy atom. The summed E-state index contributed by atoms with van der Waals surface area (Å²) in [6, 6.07) is 11.8. The van der Waals surface area contributed by atoms with E-state index in [-0.39, 0.29) is 18.5 Å². The van der Waals surface area contributed by atoms with Gasteiger partial charge in [0.25, 0.3) is 5.56 Å². The van der Waals surface area contributed by atoms with Crippen LogP contribution >= 0.6 is 27.5 Å². The fourth-order valence-electron chi connectivity index (χ4n) is 2.10. The highest BCUT2D eigenvalue weighted by molar-refractivity contribution is 9.10. The minimum atomic E-state index is -0.486. The molecule has 0 saturated heterocycles. The van der Waals surface area contributed by atoms with Crippen LogP contribution in [0.2, 0.25) is 5.02 Å². The van der Waals surface area contributed by atoms with Gasteiger partial charge in [-0.15, -0.1) is 5.10 Å². The Balaban J connectivity index is 1.70. The maximum absolute atomic E-state index is 12.3. The smallest absolute Gasteiger partial charge is 0.313 e. The van der Waals surface area contributed by atoms with Crippen LogP contribution in [0.5, 0.6) is 5.75 Å². The molecule has 0 radical (unpaired) electrons. The van der Waals surface area contributed by atoms with Crippen molar-refractivity contribution in [1.29, 1.82) is 0 Å². The maximum Gasteiger partial charge on any atom is 0.313 e. The Morgan fingerprint density at radius 3 is 2.83 bits per heavy atom. The second-order valence-corrected chi connectivity index (χ2v) is 6.22. The standard InChI is InChI=1S/C16H11BrClN3O3/c17-12-9-10(18)5-6-14(12)24-15(22)7-8-21-16(23)11-3-1-2-4-13(11)19-20-21/h1-6,9H,7-8H2. The molecule has 2 aromatic carbocycles. The molecule has 0 spiro atoms. The normalized spacial score (nSPS) is 10.8. The molecule has 0 bridgehead atoms. The molecule has 0 aliphatic heterocycles. The van der Waals surface area contributed by atoms with E-state index in [1.807, 2.05) is 0 Å². The first-order chi connectivity index (χ1) is 11.5. The molecular weight excluding hydrogens is 398 g/mol. The van der Waals surface area contributed by atoms with Crippen molar-refractivity contribution < 1.29 is 9.53 Å². The lowest BCUT2D eigenvalue weighted by Gasteiger charge is -2.07. The Labute approximate surface area is 150 Å². The molecule has 24 heavy (non-hydrogen) atoms. The molecule has 1 aromatic heterocycles. The van der Waals surface area contributed by atoms with Gasteiger partial charge in [-0.3, -0.25) is 9.59 Å². The number of benzene rings is 2. The quantitative estimate of drug-likeness (QED) is 0.489. The molecule has 0 saturated carbocycles. The average Bonchev–Trinajstić information content (AvgIpc) is 2.57. The zero-order valence-corrected chi connectivity index (χ0v) is 14.6. The fraction of sp³-hybridized carbons (Fsp3) is 0.125. The summed E-state index contributed by atoms with van der Waals surface area (Å²) in [5.41, 5.74) is 0.229. The number of aromatic nitrogens is 3. The molecule has 8 heteroatoms. The van der Waals surface area contributed by atoms with E-state index < -0.39 is 5.97 Å². The summed E-state index contributed by atoms with van der Waals surface area (Å²) in [5.74, 6) is -0.124. The van der Waals surface area contributed by atoms with Crippen molar-refractivity contribution in [3.05, 3.63) is 62.3 Å². The van der Waals surface area contributed by atoms with Crippen LogP contribution in [0.15, 0.2) is 51.7 Å². The van der Waals surface area contributed by atoms with Crippen LogP contribution in [0.1, 0.15) is 6.42 Å². The number of esters is 1. The van der Waals surface area contributed by atoms with E-state index >= 15 is 0 Å². The average molecular weight is 409 g/mol. The molecule has 122 valence electrons. The van der Waals surface area contributed by atoms with Crippen LogP contribution in [0, 0.1) is 0 Å². The van der Waals surface area contributed by atoms with Crippen molar-refractivity contribution >= 4 is 44.4 Å². The minimum Gasteiger partial charge on any atom is -0.425 e. The number of hydrogen-bond acceptors (Lipinski definition) is 5. The number of nitrogens with zero attached hydrogens (tertiary/aromatic N) is 3. The Kier molecular flexibility index (Phi) is 4.92. The number of fused-ring (bicyclic) bond motifs is 1. The molecule has 0 amide bonds. The third kappa shape index (κ3) is 3.63. The van der Waals surface area contributed by atoms with E-state index in [1.54, 1.807) is 42.5 Å². The van der Waals surface area contributed by atoms with Crippen molar-refractivity contribution in [3.63, 3.8) is 0 Å². The van der Waals surface area contributed by atoms with E-state index in [0.29, 0.717) is 26.1 Å². The predicted octanol–water partition coefficient (Wildman–Crippen LogP) is 3.20. The number of carbonyl (C=O) groups is 1. The van der Waals surface area contributed by atoms with Crippen LogP contribution < -0.4 is 10.3 Å².